The third-order valence-corrected chi connectivity index (χ3v) is 2.77. The van der Waals surface area contributed by atoms with E-state index in [9.17, 15) is 0 Å². The second-order valence-corrected chi connectivity index (χ2v) is 4.66. The molecule has 1 aromatic rings. The molecule has 0 saturated carbocycles. The van der Waals surface area contributed by atoms with Crippen LogP contribution in [0.4, 0.5) is 0 Å². The van der Waals surface area contributed by atoms with Crippen LogP contribution in [0, 0.1) is 5.92 Å². The second kappa shape index (κ2) is 4.61. The molecule has 0 aliphatic carbocycles. The molecular weight excluding hydrogens is 172 g/mol. The highest BCUT2D eigenvalue weighted by atomic mass is 28.1. The van der Waals surface area contributed by atoms with Gasteiger partial charge in [-0.05, 0) is 23.8 Å². The van der Waals surface area contributed by atoms with Gasteiger partial charge in [-0.3, -0.25) is 0 Å². The van der Waals surface area contributed by atoms with Crippen molar-refractivity contribution in [1.29, 1.82) is 0 Å². The average molecular weight is 189 g/mol. The Kier molecular flexibility index (Phi) is 3.73. The zero-order valence-corrected chi connectivity index (χ0v) is 9.67. The van der Waals surface area contributed by atoms with Crippen molar-refractivity contribution < 1.29 is 0 Å². The Bertz CT molecular complexity index is 266. The fourth-order valence-electron chi connectivity index (χ4n) is 1.76. The minimum Gasteiger partial charge on any atom is -0.0640 e. The van der Waals surface area contributed by atoms with Gasteiger partial charge in [-0.2, -0.15) is 0 Å². The van der Waals surface area contributed by atoms with Crippen LogP contribution in [0.3, 0.4) is 0 Å². The van der Waals surface area contributed by atoms with E-state index < -0.39 is 0 Å². The van der Waals surface area contributed by atoms with Crippen molar-refractivity contribution in [3.63, 3.8) is 0 Å². The molecule has 69 valence electrons. The number of benzene rings is 1. The molecule has 0 heterocycles. The van der Waals surface area contributed by atoms with E-state index in [0.717, 1.165) is 5.92 Å². The topological polar surface area (TPSA) is 0 Å². The minimum absolute atomic E-state index is 0.647. The molecule has 1 rings (SSSR count). The molecule has 0 bridgehead atoms. The summed E-state index contributed by atoms with van der Waals surface area (Å²) in [7, 11) is 3.64. The molecule has 1 aromatic carbocycles. The Labute approximate surface area is 84.8 Å². The first kappa shape index (κ1) is 10.5. The summed E-state index contributed by atoms with van der Waals surface area (Å²) in [5.74, 6) is 1.41. The standard InChI is InChI=1S/C12H17Si/c1-9(2)8-10(3)11-6-4-5-7-12(11)13/h4-7,9-10H,8H2,1-3H3. The molecule has 0 amide bonds. The van der Waals surface area contributed by atoms with Crippen molar-refractivity contribution in [2.45, 2.75) is 33.1 Å². The van der Waals surface area contributed by atoms with Gasteiger partial charge in [0.25, 0.3) is 0 Å². The molecular formula is C12H17Si. The SMILES string of the molecule is CC(C)CC(C)c1ccccc1[Si]. The summed E-state index contributed by atoms with van der Waals surface area (Å²) in [5, 5.41) is 1.23. The van der Waals surface area contributed by atoms with Crippen molar-refractivity contribution in [3.05, 3.63) is 29.8 Å². The number of hydrogen-bond donors (Lipinski definition) is 0. The Balaban J connectivity index is 2.76. The first-order chi connectivity index (χ1) is 6.11. The van der Waals surface area contributed by atoms with Crippen LogP contribution in [0.25, 0.3) is 0 Å². The van der Waals surface area contributed by atoms with Crippen LogP contribution in [0.1, 0.15) is 38.7 Å². The maximum atomic E-state index is 3.64. The lowest BCUT2D eigenvalue weighted by Gasteiger charge is -2.16. The molecule has 0 N–H and O–H groups in total. The smallest absolute Gasteiger partial charge is 0.0640 e. The van der Waals surface area contributed by atoms with Crippen LogP contribution >= 0.6 is 0 Å². The Hall–Kier alpha value is -0.563. The lowest BCUT2D eigenvalue weighted by Crippen LogP contribution is -2.13. The van der Waals surface area contributed by atoms with Crippen LogP contribution < -0.4 is 5.19 Å². The average Bonchev–Trinajstić information content (AvgIpc) is 2.03. The van der Waals surface area contributed by atoms with Gasteiger partial charge < -0.3 is 0 Å². The Morgan fingerprint density at radius 1 is 1.15 bits per heavy atom. The van der Waals surface area contributed by atoms with E-state index in [0.29, 0.717) is 5.92 Å². The van der Waals surface area contributed by atoms with Gasteiger partial charge >= 0.3 is 0 Å². The van der Waals surface area contributed by atoms with E-state index in [1.807, 2.05) is 0 Å². The van der Waals surface area contributed by atoms with Crippen molar-refractivity contribution in [2.24, 2.45) is 5.92 Å². The van der Waals surface area contributed by atoms with Gasteiger partial charge in [0.15, 0.2) is 0 Å². The van der Waals surface area contributed by atoms with Crippen molar-refractivity contribution >= 4 is 15.4 Å². The predicted molar refractivity (Wildman–Crippen MR) is 59.7 cm³/mol. The lowest BCUT2D eigenvalue weighted by atomic mass is 9.92. The molecule has 1 unspecified atom stereocenters. The maximum Gasteiger partial charge on any atom is 0.0715 e. The molecule has 0 aliphatic heterocycles. The molecule has 1 atom stereocenters. The maximum absolute atomic E-state index is 3.64. The van der Waals surface area contributed by atoms with E-state index in [1.54, 1.807) is 0 Å². The Morgan fingerprint density at radius 3 is 2.31 bits per heavy atom. The number of rotatable bonds is 3. The van der Waals surface area contributed by atoms with Crippen LogP contribution in [-0.4, -0.2) is 10.2 Å². The largest absolute Gasteiger partial charge is 0.0715 e. The molecule has 1 heteroatoms. The van der Waals surface area contributed by atoms with Crippen LogP contribution in [0.15, 0.2) is 24.3 Å². The molecule has 13 heavy (non-hydrogen) atoms. The lowest BCUT2D eigenvalue weighted by molar-refractivity contribution is 0.525. The monoisotopic (exact) mass is 189 g/mol. The Morgan fingerprint density at radius 2 is 1.77 bits per heavy atom. The van der Waals surface area contributed by atoms with Gasteiger partial charge in [-0.25, -0.2) is 0 Å². The second-order valence-electron chi connectivity index (χ2n) is 4.12. The van der Waals surface area contributed by atoms with Gasteiger partial charge in [0.05, 0.1) is 10.2 Å². The number of hydrogen-bond acceptors (Lipinski definition) is 0. The quantitative estimate of drug-likeness (QED) is 0.641. The molecule has 3 radical (unpaired) electrons. The summed E-state index contributed by atoms with van der Waals surface area (Å²) >= 11 is 0. The fourth-order valence-corrected chi connectivity index (χ4v) is 2.19. The first-order valence-corrected chi connectivity index (χ1v) is 5.41. The van der Waals surface area contributed by atoms with E-state index in [4.69, 9.17) is 0 Å². The van der Waals surface area contributed by atoms with Gasteiger partial charge in [-0.15, -0.1) is 0 Å². The minimum atomic E-state index is 0.647. The highest BCUT2D eigenvalue weighted by Gasteiger charge is 2.08. The van der Waals surface area contributed by atoms with Crippen molar-refractivity contribution in [1.82, 2.24) is 0 Å². The van der Waals surface area contributed by atoms with E-state index in [-0.39, 0.29) is 0 Å². The highest BCUT2D eigenvalue weighted by molar-refractivity contribution is 6.33. The molecule has 0 saturated heterocycles. The molecule has 0 nitrogen and oxygen atoms in total. The van der Waals surface area contributed by atoms with Gasteiger partial charge in [0.2, 0.25) is 0 Å². The van der Waals surface area contributed by atoms with Crippen LogP contribution in [0.5, 0.6) is 0 Å². The van der Waals surface area contributed by atoms with E-state index in [2.05, 4.69) is 55.3 Å². The molecule has 0 aliphatic rings. The van der Waals surface area contributed by atoms with Gasteiger partial charge in [0, 0.05) is 0 Å². The van der Waals surface area contributed by atoms with E-state index >= 15 is 0 Å². The van der Waals surface area contributed by atoms with Crippen LogP contribution in [0.2, 0.25) is 0 Å². The third-order valence-electron chi connectivity index (χ3n) is 2.32. The van der Waals surface area contributed by atoms with Crippen LogP contribution in [-0.2, 0) is 0 Å². The first-order valence-electron chi connectivity index (χ1n) is 4.91. The van der Waals surface area contributed by atoms with Crippen molar-refractivity contribution in [3.8, 4) is 0 Å². The summed E-state index contributed by atoms with van der Waals surface area (Å²) in [6, 6.07) is 8.49. The zero-order valence-electron chi connectivity index (χ0n) is 8.67. The predicted octanol–water partition coefficient (Wildman–Crippen LogP) is 2.63. The summed E-state index contributed by atoms with van der Waals surface area (Å²) in [4.78, 5) is 0. The highest BCUT2D eigenvalue weighted by Crippen LogP contribution is 2.20. The van der Waals surface area contributed by atoms with E-state index in [1.165, 1.54) is 17.2 Å². The summed E-state index contributed by atoms with van der Waals surface area (Å²) in [5.41, 5.74) is 1.42. The summed E-state index contributed by atoms with van der Waals surface area (Å²) in [6.45, 7) is 6.83. The van der Waals surface area contributed by atoms with Gasteiger partial charge in [0.1, 0.15) is 0 Å². The molecule has 0 spiro atoms. The fraction of sp³-hybridized carbons (Fsp3) is 0.500. The zero-order chi connectivity index (χ0) is 9.84. The normalized spacial score (nSPS) is 13.3. The summed E-state index contributed by atoms with van der Waals surface area (Å²) < 4.78 is 0. The third kappa shape index (κ3) is 3.00. The molecule has 0 aromatic heterocycles. The van der Waals surface area contributed by atoms with Gasteiger partial charge in [-0.1, -0.05) is 50.2 Å². The van der Waals surface area contributed by atoms with Crippen molar-refractivity contribution in [2.75, 3.05) is 0 Å². The molecule has 0 fully saturated rings. The summed E-state index contributed by atoms with van der Waals surface area (Å²) in [6.07, 6.45) is 1.25.